The Labute approximate surface area is 83.8 Å². The van der Waals surface area contributed by atoms with Gasteiger partial charge in [0.15, 0.2) is 6.29 Å². The molecule has 0 saturated carbocycles. The van der Waals surface area contributed by atoms with E-state index in [1.54, 1.807) is 0 Å². The monoisotopic (exact) mass is 221 g/mol. The molecule has 0 aromatic carbocycles. The van der Waals surface area contributed by atoms with Crippen LogP contribution in [-0.4, -0.2) is 62.5 Å². The van der Waals surface area contributed by atoms with E-state index in [2.05, 4.69) is 14.8 Å². The first-order valence-electron chi connectivity index (χ1n) is 4.06. The number of aliphatic hydroxyl groups excluding tert-OH is 4. The Morgan fingerprint density at radius 3 is 2.47 bits per heavy atom. The predicted molar refractivity (Wildman–Crippen MR) is 44.1 cm³/mol. The molecule has 1 saturated heterocycles. The Morgan fingerprint density at radius 2 is 2.00 bits per heavy atom. The van der Waals surface area contributed by atoms with Gasteiger partial charge in [-0.05, 0) is 5.53 Å². The second-order valence-electron chi connectivity index (χ2n) is 3.12. The van der Waals surface area contributed by atoms with Crippen molar-refractivity contribution in [2.75, 3.05) is 6.61 Å². The van der Waals surface area contributed by atoms with Crippen molar-refractivity contribution in [1.82, 2.24) is 0 Å². The third-order valence-corrected chi connectivity index (χ3v) is 2.19. The molecule has 0 spiro atoms. The average Bonchev–Trinajstić information content (AvgIpc) is 2.21. The molecule has 5 N–H and O–H groups in total. The molecule has 1 aliphatic heterocycles. The summed E-state index contributed by atoms with van der Waals surface area (Å²) < 4.78 is 4.57. The summed E-state index contributed by atoms with van der Waals surface area (Å²) in [6.45, 7) is -0.665. The molecule has 15 heavy (non-hydrogen) atoms. The standard InChI is InChI=1S/C6H11N3O6/c7-9-8-6(14)4(12)3(11)2(1-10)15-5(6)13/h2-5,10-14H,1H2/t2-,3+,4+,5?,6-/m1/s1. The van der Waals surface area contributed by atoms with Gasteiger partial charge in [-0.1, -0.05) is 5.11 Å². The summed E-state index contributed by atoms with van der Waals surface area (Å²) in [4.78, 5) is 2.22. The van der Waals surface area contributed by atoms with Gasteiger partial charge in [-0.15, -0.1) is 0 Å². The fraction of sp³-hybridized carbons (Fsp3) is 1.00. The van der Waals surface area contributed by atoms with Crippen LogP contribution in [0.15, 0.2) is 5.11 Å². The second kappa shape index (κ2) is 4.29. The minimum atomic E-state index is -2.67. The van der Waals surface area contributed by atoms with Gasteiger partial charge in [0.2, 0.25) is 5.72 Å². The molecular weight excluding hydrogens is 210 g/mol. The van der Waals surface area contributed by atoms with Crippen molar-refractivity contribution in [3.8, 4) is 0 Å². The Bertz CT molecular complexity index is 282. The Kier molecular flexibility index (Phi) is 3.47. The largest absolute Gasteiger partial charge is 0.394 e. The lowest BCUT2D eigenvalue weighted by Crippen LogP contribution is -2.65. The van der Waals surface area contributed by atoms with Crippen LogP contribution in [0.4, 0.5) is 0 Å². The predicted octanol–water partition coefficient (Wildman–Crippen LogP) is -2.58. The van der Waals surface area contributed by atoms with E-state index in [1.807, 2.05) is 0 Å². The lowest BCUT2D eigenvalue weighted by molar-refractivity contribution is -0.327. The Hall–Kier alpha value is -0.930. The highest BCUT2D eigenvalue weighted by atomic mass is 16.6. The fourth-order valence-corrected chi connectivity index (χ4v) is 1.28. The zero-order chi connectivity index (χ0) is 11.6. The second-order valence-corrected chi connectivity index (χ2v) is 3.12. The highest BCUT2D eigenvalue weighted by Gasteiger charge is 2.54. The van der Waals surface area contributed by atoms with Gasteiger partial charge in [-0.2, -0.15) is 0 Å². The van der Waals surface area contributed by atoms with Crippen LogP contribution in [0.2, 0.25) is 0 Å². The molecule has 1 heterocycles. The van der Waals surface area contributed by atoms with Crippen LogP contribution >= 0.6 is 0 Å². The van der Waals surface area contributed by atoms with E-state index in [4.69, 9.17) is 10.6 Å². The van der Waals surface area contributed by atoms with Crippen molar-refractivity contribution in [1.29, 1.82) is 0 Å². The molecule has 5 atom stereocenters. The van der Waals surface area contributed by atoms with Gasteiger partial charge in [0.1, 0.15) is 18.3 Å². The summed E-state index contributed by atoms with van der Waals surface area (Å²) in [5, 5.41) is 48.9. The van der Waals surface area contributed by atoms with E-state index in [0.29, 0.717) is 0 Å². The molecule has 9 nitrogen and oxygen atoms in total. The summed E-state index contributed by atoms with van der Waals surface area (Å²) in [7, 11) is 0. The number of ether oxygens (including phenoxy) is 1. The van der Waals surface area contributed by atoms with Crippen LogP contribution in [0.1, 0.15) is 0 Å². The SMILES string of the molecule is [N-]=[N+]=N[C@]1(O)C(O)O[C@H](CO)[C@H](O)[C@@H]1O. The summed E-state index contributed by atoms with van der Waals surface area (Å²) in [6, 6.07) is 0. The number of aliphatic hydroxyl groups is 5. The minimum absolute atomic E-state index is 0.665. The summed E-state index contributed by atoms with van der Waals surface area (Å²) >= 11 is 0. The first kappa shape index (κ1) is 12.1. The van der Waals surface area contributed by atoms with E-state index in [-0.39, 0.29) is 0 Å². The van der Waals surface area contributed by atoms with Crippen molar-refractivity contribution >= 4 is 0 Å². The molecule has 1 aliphatic rings. The molecule has 1 unspecified atom stereocenters. The van der Waals surface area contributed by atoms with Crippen LogP contribution in [0.3, 0.4) is 0 Å². The van der Waals surface area contributed by atoms with Crippen molar-refractivity contribution in [2.45, 2.75) is 30.3 Å². The van der Waals surface area contributed by atoms with E-state index < -0.39 is 36.9 Å². The first-order chi connectivity index (χ1) is 6.97. The van der Waals surface area contributed by atoms with E-state index in [9.17, 15) is 20.4 Å². The smallest absolute Gasteiger partial charge is 0.223 e. The third-order valence-electron chi connectivity index (χ3n) is 2.19. The molecule has 1 fully saturated rings. The Balaban J connectivity index is 2.97. The van der Waals surface area contributed by atoms with Gasteiger partial charge in [0.25, 0.3) is 0 Å². The van der Waals surface area contributed by atoms with Crippen LogP contribution < -0.4 is 0 Å². The van der Waals surface area contributed by atoms with Crippen molar-refractivity contribution in [2.24, 2.45) is 5.11 Å². The third kappa shape index (κ3) is 1.90. The van der Waals surface area contributed by atoms with E-state index >= 15 is 0 Å². The van der Waals surface area contributed by atoms with Crippen LogP contribution in [0.25, 0.3) is 10.4 Å². The van der Waals surface area contributed by atoms with Gasteiger partial charge in [0, 0.05) is 4.91 Å². The molecule has 0 bridgehead atoms. The quantitative estimate of drug-likeness (QED) is 0.195. The zero-order valence-corrected chi connectivity index (χ0v) is 7.50. The van der Waals surface area contributed by atoms with E-state index in [1.165, 1.54) is 0 Å². The maximum absolute atomic E-state index is 9.50. The topological polar surface area (TPSA) is 159 Å². The lowest BCUT2D eigenvalue weighted by Gasteiger charge is -2.43. The van der Waals surface area contributed by atoms with Gasteiger partial charge in [-0.25, -0.2) is 0 Å². The Morgan fingerprint density at radius 1 is 1.40 bits per heavy atom. The van der Waals surface area contributed by atoms with Crippen LogP contribution in [-0.2, 0) is 4.74 Å². The van der Waals surface area contributed by atoms with Gasteiger partial charge >= 0.3 is 0 Å². The average molecular weight is 221 g/mol. The molecule has 86 valence electrons. The number of nitrogens with zero attached hydrogens (tertiary/aromatic N) is 3. The molecule has 0 amide bonds. The molecule has 9 heteroatoms. The van der Waals surface area contributed by atoms with Gasteiger partial charge in [-0.3, -0.25) is 0 Å². The molecule has 0 aromatic heterocycles. The molecule has 0 radical (unpaired) electrons. The number of hydrogen-bond acceptors (Lipinski definition) is 7. The summed E-state index contributed by atoms with van der Waals surface area (Å²) in [5.41, 5.74) is 5.45. The number of hydrogen-bond donors (Lipinski definition) is 5. The van der Waals surface area contributed by atoms with Crippen molar-refractivity contribution < 1.29 is 30.3 Å². The lowest BCUT2D eigenvalue weighted by atomic mass is 9.94. The highest BCUT2D eigenvalue weighted by Crippen LogP contribution is 2.29. The van der Waals surface area contributed by atoms with Crippen molar-refractivity contribution in [3.05, 3.63) is 10.4 Å². The summed E-state index contributed by atoms with van der Waals surface area (Å²) in [5.74, 6) is 0. The van der Waals surface area contributed by atoms with Crippen LogP contribution in [0.5, 0.6) is 0 Å². The molecule has 0 aromatic rings. The zero-order valence-electron chi connectivity index (χ0n) is 7.50. The fourth-order valence-electron chi connectivity index (χ4n) is 1.28. The van der Waals surface area contributed by atoms with Gasteiger partial charge < -0.3 is 30.3 Å². The maximum atomic E-state index is 9.50. The van der Waals surface area contributed by atoms with Gasteiger partial charge in [0.05, 0.1) is 6.61 Å². The van der Waals surface area contributed by atoms with E-state index in [0.717, 1.165) is 0 Å². The van der Waals surface area contributed by atoms with Crippen molar-refractivity contribution in [3.63, 3.8) is 0 Å². The van der Waals surface area contributed by atoms with Crippen LogP contribution in [0, 0.1) is 0 Å². The highest BCUT2D eigenvalue weighted by molar-refractivity contribution is 4.98. The number of rotatable bonds is 2. The maximum Gasteiger partial charge on any atom is 0.223 e. The minimum Gasteiger partial charge on any atom is -0.394 e. The number of azide groups is 1. The molecular formula is C6H11N3O6. The summed E-state index contributed by atoms with van der Waals surface area (Å²) in [6.07, 6.45) is -6.91. The molecule has 1 rings (SSSR count). The first-order valence-corrected chi connectivity index (χ1v) is 4.06. The normalized spacial score (nSPS) is 45.9. The molecule has 0 aliphatic carbocycles.